The molecule has 1 atom stereocenters. The molecule has 1 amide bonds. The number of benzene rings is 2. The van der Waals surface area contributed by atoms with E-state index < -0.39 is 28.8 Å². The van der Waals surface area contributed by atoms with Crippen LogP contribution in [-0.2, 0) is 0 Å². The van der Waals surface area contributed by atoms with Crippen LogP contribution in [0.15, 0.2) is 53.5 Å². The molecular weight excluding hydrogens is 492 g/mol. The van der Waals surface area contributed by atoms with Gasteiger partial charge in [0.25, 0.3) is 11.5 Å². The molecular formula is C27H31F2N7O2. The van der Waals surface area contributed by atoms with Crippen LogP contribution in [0.2, 0.25) is 0 Å². The van der Waals surface area contributed by atoms with Crippen LogP contribution in [-0.4, -0.2) is 45.6 Å². The van der Waals surface area contributed by atoms with Crippen LogP contribution < -0.4 is 21.5 Å². The largest absolute Gasteiger partial charge is 0.369 e. The Balaban J connectivity index is 0.00000164. The highest BCUT2D eigenvalue weighted by molar-refractivity contribution is 6.08. The highest BCUT2D eigenvalue weighted by atomic mass is 19.1. The van der Waals surface area contributed by atoms with Crippen molar-refractivity contribution in [1.82, 2.24) is 19.6 Å². The number of halogens is 2. The summed E-state index contributed by atoms with van der Waals surface area (Å²) in [4.78, 5) is 27.8. The molecule has 1 saturated heterocycles. The first-order chi connectivity index (χ1) is 18.2. The van der Waals surface area contributed by atoms with Gasteiger partial charge in [-0.1, -0.05) is 13.0 Å². The number of fused-ring (bicyclic) bond motifs is 1. The predicted molar refractivity (Wildman–Crippen MR) is 144 cm³/mol. The first kappa shape index (κ1) is 26.9. The van der Waals surface area contributed by atoms with Gasteiger partial charge < -0.3 is 16.0 Å². The average molecular weight is 524 g/mol. The highest BCUT2D eigenvalue weighted by Crippen LogP contribution is 2.38. The summed E-state index contributed by atoms with van der Waals surface area (Å²) in [7, 11) is 1.50. The lowest BCUT2D eigenvalue weighted by Crippen LogP contribution is -2.27. The minimum absolute atomic E-state index is 0.157. The Bertz CT molecular complexity index is 1510. The highest BCUT2D eigenvalue weighted by Gasteiger charge is 2.26. The zero-order valence-corrected chi connectivity index (χ0v) is 21.8. The molecule has 3 heterocycles. The molecule has 2 aromatic carbocycles. The Morgan fingerprint density at radius 1 is 1.08 bits per heavy atom. The molecule has 2 aromatic heterocycles. The summed E-state index contributed by atoms with van der Waals surface area (Å²) in [6, 6.07) is 9.43. The van der Waals surface area contributed by atoms with Crippen molar-refractivity contribution in [3.63, 3.8) is 0 Å². The van der Waals surface area contributed by atoms with E-state index in [1.807, 2.05) is 23.0 Å². The molecule has 4 aromatic rings. The second-order valence-corrected chi connectivity index (χ2v) is 9.41. The predicted octanol–water partition coefficient (Wildman–Crippen LogP) is 4.11. The monoisotopic (exact) mass is 523 g/mol. The lowest BCUT2D eigenvalue weighted by Gasteiger charge is -2.23. The van der Waals surface area contributed by atoms with Gasteiger partial charge in [0.05, 0.1) is 23.1 Å². The number of anilines is 2. The van der Waals surface area contributed by atoms with E-state index >= 15 is 0 Å². The summed E-state index contributed by atoms with van der Waals surface area (Å²) in [5.41, 5.74) is 5.35. The molecule has 0 spiro atoms. The summed E-state index contributed by atoms with van der Waals surface area (Å²) >= 11 is 0. The fourth-order valence-corrected chi connectivity index (χ4v) is 4.67. The van der Waals surface area contributed by atoms with Crippen LogP contribution in [0.1, 0.15) is 43.7 Å². The molecule has 0 saturated carbocycles. The Morgan fingerprint density at radius 2 is 1.79 bits per heavy atom. The van der Waals surface area contributed by atoms with Crippen LogP contribution >= 0.6 is 0 Å². The molecule has 3 N–H and O–H groups in total. The minimum Gasteiger partial charge on any atom is -0.369 e. The van der Waals surface area contributed by atoms with Crippen molar-refractivity contribution >= 4 is 28.2 Å². The van der Waals surface area contributed by atoms with Gasteiger partial charge in [0, 0.05) is 30.6 Å². The maximum atomic E-state index is 14.3. The number of amides is 1. The molecule has 0 aliphatic carbocycles. The van der Waals surface area contributed by atoms with Crippen molar-refractivity contribution in [3.05, 3.63) is 76.3 Å². The number of hydrogen-bond donors (Lipinski definition) is 2. The minimum atomic E-state index is -0.958. The third-order valence-electron chi connectivity index (χ3n) is 6.41. The third-order valence-corrected chi connectivity index (χ3v) is 6.41. The van der Waals surface area contributed by atoms with E-state index in [4.69, 9.17) is 0 Å². The first-order valence-corrected chi connectivity index (χ1v) is 12.4. The number of nitrogens with two attached hydrogens (primary N) is 1. The van der Waals surface area contributed by atoms with E-state index in [0.29, 0.717) is 16.3 Å². The van der Waals surface area contributed by atoms with E-state index in [9.17, 15) is 18.4 Å². The molecule has 9 nitrogen and oxygen atoms in total. The summed E-state index contributed by atoms with van der Waals surface area (Å²) < 4.78 is 31.1. The summed E-state index contributed by atoms with van der Waals surface area (Å²) in [5.74, 6) is -2.02. The number of hydrogen-bond acceptors (Lipinski definition) is 6. The van der Waals surface area contributed by atoms with Gasteiger partial charge in [0.1, 0.15) is 11.4 Å². The molecule has 0 radical (unpaired) electrons. The van der Waals surface area contributed by atoms with E-state index in [1.54, 1.807) is 0 Å². The first-order valence-electron chi connectivity index (χ1n) is 12.4. The van der Waals surface area contributed by atoms with Crippen LogP contribution in [0.4, 0.5) is 20.2 Å². The van der Waals surface area contributed by atoms with Gasteiger partial charge in [0.15, 0.2) is 11.6 Å². The number of para-hydroxylation sites is 1. The normalized spacial score (nSPS) is 15.1. The molecule has 11 heteroatoms. The average Bonchev–Trinajstić information content (AvgIpc) is 3.52. The van der Waals surface area contributed by atoms with Crippen molar-refractivity contribution in [3.8, 4) is 5.69 Å². The number of nitrogens with one attached hydrogen (secondary N) is 1. The molecule has 1 fully saturated rings. The second-order valence-electron chi connectivity index (χ2n) is 9.41. The molecule has 1 unspecified atom stereocenters. The number of aromatic nitrogens is 4. The Kier molecular flexibility index (Phi) is 7.86. The van der Waals surface area contributed by atoms with Gasteiger partial charge in [0.2, 0.25) is 0 Å². The molecule has 38 heavy (non-hydrogen) atoms. The quantitative estimate of drug-likeness (QED) is 0.407. The van der Waals surface area contributed by atoms with Gasteiger partial charge in [-0.3, -0.25) is 14.3 Å². The standard InChI is InChI=1S/C26H26F2N6O2.CH5N/c1-15(2)33-22-9-7-20(24(17(22)13-29-33)32-12-11-16(3)14-32)30-26(36)21-8-10-23(35)34(31-21)25-18(27)5-4-6-19(25)28;1-2/h4-10,13,15-16H,11-12,14H2,1-3H3,(H,30,36);2H2,1H3. The summed E-state index contributed by atoms with van der Waals surface area (Å²) in [6.45, 7) is 7.97. The van der Waals surface area contributed by atoms with Crippen molar-refractivity contribution < 1.29 is 13.6 Å². The number of carbonyl (C=O) groups excluding carboxylic acids is 1. The zero-order chi connectivity index (χ0) is 27.6. The lowest BCUT2D eigenvalue weighted by atomic mass is 10.1. The van der Waals surface area contributed by atoms with Gasteiger partial charge in [-0.05, 0) is 63.6 Å². The molecule has 200 valence electrons. The SMILES string of the molecule is CC1CCN(c2c(NC(=O)c3ccc(=O)n(-c4c(F)cccc4F)n3)ccc3c2cnn3C(C)C)C1.CN. The maximum absolute atomic E-state index is 14.3. The van der Waals surface area contributed by atoms with Gasteiger partial charge >= 0.3 is 0 Å². The molecule has 1 aliphatic heterocycles. The smallest absolute Gasteiger partial charge is 0.276 e. The van der Waals surface area contributed by atoms with Crippen LogP contribution in [0.25, 0.3) is 16.6 Å². The maximum Gasteiger partial charge on any atom is 0.276 e. The Labute approximate surface area is 218 Å². The topological polar surface area (TPSA) is 111 Å². The van der Waals surface area contributed by atoms with E-state index in [2.05, 4.69) is 46.9 Å². The second kappa shape index (κ2) is 11.1. The molecule has 0 bridgehead atoms. The molecule has 1 aliphatic rings. The van der Waals surface area contributed by atoms with Crippen LogP contribution in [0.3, 0.4) is 0 Å². The van der Waals surface area contributed by atoms with E-state index in [1.165, 1.54) is 19.2 Å². The van der Waals surface area contributed by atoms with Crippen molar-refractivity contribution in [1.29, 1.82) is 0 Å². The van der Waals surface area contributed by atoms with Gasteiger partial charge in [-0.15, -0.1) is 0 Å². The number of rotatable bonds is 5. The third kappa shape index (κ3) is 5.01. The van der Waals surface area contributed by atoms with E-state index in [0.717, 1.165) is 54.3 Å². The fraction of sp³-hybridized carbons (Fsp3) is 0.333. The number of carbonyl (C=O) groups is 1. The fourth-order valence-electron chi connectivity index (χ4n) is 4.67. The Morgan fingerprint density at radius 3 is 2.42 bits per heavy atom. The van der Waals surface area contributed by atoms with Crippen molar-refractivity contribution in [2.75, 3.05) is 30.4 Å². The zero-order valence-electron chi connectivity index (χ0n) is 21.8. The van der Waals surface area contributed by atoms with Crippen molar-refractivity contribution in [2.24, 2.45) is 11.7 Å². The summed E-state index contributed by atoms with van der Waals surface area (Å²) in [5, 5.41) is 12.3. The van der Waals surface area contributed by atoms with Gasteiger partial charge in [-0.25, -0.2) is 8.78 Å². The molecule has 5 rings (SSSR count). The lowest BCUT2D eigenvalue weighted by molar-refractivity contribution is 0.102. The summed E-state index contributed by atoms with van der Waals surface area (Å²) in [6.07, 6.45) is 2.84. The Hall–Kier alpha value is -4.12. The van der Waals surface area contributed by atoms with Gasteiger partial charge in [-0.2, -0.15) is 14.9 Å². The number of nitrogens with zero attached hydrogens (tertiary/aromatic N) is 5. The van der Waals surface area contributed by atoms with Crippen LogP contribution in [0, 0.1) is 17.6 Å². The van der Waals surface area contributed by atoms with Crippen LogP contribution in [0.5, 0.6) is 0 Å². The van der Waals surface area contributed by atoms with Crippen molar-refractivity contribution in [2.45, 2.75) is 33.2 Å². The van der Waals surface area contributed by atoms with E-state index in [-0.39, 0.29) is 11.7 Å².